The molecule has 9 heteroatoms. The highest BCUT2D eigenvalue weighted by Gasteiger charge is 2.40. The van der Waals surface area contributed by atoms with Crippen LogP contribution in [0, 0.1) is 11.7 Å². The van der Waals surface area contributed by atoms with E-state index >= 15 is 0 Å². The van der Waals surface area contributed by atoms with Gasteiger partial charge in [-0.25, -0.2) is 9.37 Å². The van der Waals surface area contributed by atoms with Crippen molar-refractivity contribution in [2.24, 2.45) is 5.92 Å². The number of piperazine rings is 1. The minimum atomic E-state index is -0.636. The summed E-state index contributed by atoms with van der Waals surface area (Å²) in [5.74, 6) is -0.0405. The third-order valence-corrected chi connectivity index (χ3v) is 4.98. The number of carbonyl (C=O) groups excluding carboxylic acids is 2. The molecule has 3 heterocycles. The third kappa shape index (κ3) is 3.96. The highest BCUT2D eigenvalue weighted by molar-refractivity contribution is 5.97. The molecule has 1 fully saturated rings. The van der Waals surface area contributed by atoms with E-state index in [1.165, 1.54) is 35.7 Å². The smallest absolute Gasteiger partial charge is 0.276 e. The number of aromatic nitrogens is 2. The lowest BCUT2D eigenvalue weighted by atomic mass is 9.97. The summed E-state index contributed by atoms with van der Waals surface area (Å²) in [5.41, 5.74) is 0.673. The van der Waals surface area contributed by atoms with Crippen LogP contribution in [0.15, 0.2) is 51.9 Å². The van der Waals surface area contributed by atoms with Crippen LogP contribution in [0.1, 0.15) is 42.6 Å². The molecule has 30 heavy (non-hydrogen) atoms. The molecule has 0 bridgehead atoms. The van der Waals surface area contributed by atoms with Crippen molar-refractivity contribution in [3.05, 3.63) is 60.2 Å². The van der Waals surface area contributed by atoms with Crippen molar-refractivity contribution in [1.82, 2.24) is 20.4 Å². The third-order valence-electron chi connectivity index (χ3n) is 4.98. The molecule has 0 saturated carbocycles. The second kappa shape index (κ2) is 8.10. The Labute approximate surface area is 172 Å². The van der Waals surface area contributed by atoms with E-state index < -0.39 is 18.0 Å². The van der Waals surface area contributed by atoms with Crippen molar-refractivity contribution < 1.29 is 22.9 Å². The van der Waals surface area contributed by atoms with Crippen molar-refractivity contribution in [2.45, 2.75) is 32.4 Å². The monoisotopic (exact) mass is 412 g/mol. The molecule has 2 aromatic heterocycles. The minimum absolute atomic E-state index is 0.0779. The molecule has 1 N–H and O–H groups in total. The van der Waals surface area contributed by atoms with E-state index in [0.717, 1.165) is 0 Å². The Morgan fingerprint density at radius 3 is 2.77 bits per heavy atom. The Morgan fingerprint density at radius 1 is 1.33 bits per heavy atom. The van der Waals surface area contributed by atoms with Gasteiger partial charge < -0.3 is 19.2 Å². The maximum absolute atomic E-state index is 13.3. The van der Waals surface area contributed by atoms with Gasteiger partial charge in [0.2, 0.25) is 5.91 Å². The van der Waals surface area contributed by atoms with Crippen LogP contribution in [0.3, 0.4) is 0 Å². The van der Waals surface area contributed by atoms with E-state index in [1.54, 1.807) is 12.1 Å². The van der Waals surface area contributed by atoms with Gasteiger partial charge in [0.05, 0.1) is 6.20 Å². The van der Waals surface area contributed by atoms with Gasteiger partial charge in [-0.05, 0) is 36.6 Å². The van der Waals surface area contributed by atoms with Crippen LogP contribution in [0.25, 0.3) is 11.3 Å². The number of rotatable bonds is 5. The average Bonchev–Trinajstić information content (AvgIpc) is 3.41. The average molecular weight is 412 g/mol. The lowest BCUT2D eigenvalue weighted by Crippen LogP contribution is -2.58. The topological polar surface area (TPSA) is 101 Å². The molecular formula is C21H21FN4O4. The Balaban J connectivity index is 1.61. The highest BCUT2D eigenvalue weighted by Crippen LogP contribution is 2.27. The molecule has 156 valence electrons. The second-order valence-electron chi connectivity index (χ2n) is 7.65. The molecule has 1 aromatic carbocycles. The highest BCUT2D eigenvalue weighted by atomic mass is 19.1. The molecule has 8 nitrogen and oxygen atoms in total. The summed E-state index contributed by atoms with van der Waals surface area (Å²) in [4.78, 5) is 31.4. The van der Waals surface area contributed by atoms with Gasteiger partial charge >= 0.3 is 0 Å². The number of carbonyl (C=O) groups is 2. The second-order valence-corrected chi connectivity index (χ2v) is 7.65. The van der Waals surface area contributed by atoms with Crippen molar-refractivity contribution in [3.63, 3.8) is 0 Å². The molecule has 1 saturated heterocycles. The van der Waals surface area contributed by atoms with Gasteiger partial charge in [0.25, 0.3) is 5.91 Å². The number of halogens is 1. The molecule has 1 aliphatic heterocycles. The summed E-state index contributed by atoms with van der Waals surface area (Å²) in [5, 5.41) is 6.79. The quantitative estimate of drug-likeness (QED) is 0.691. The standard InChI is InChI=1S/C21H21FN4O4/c1-12(2)7-17-20(27)24-16(19-9-23-11-29-19)10-26(17)21(28)15-8-18(30-25-15)13-3-5-14(22)6-4-13/h3-6,8-9,11-12,16-17H,7,10H2,1-2H3,(H,24,27). The molecule has 4 rings (SSSR count). The van der Waals surface area contributed by atoms with Gasteiger partial charge in [-0.1, -0.05) is 19.0 Å². The fourth-order valence-electron chi connectivity index (χ4n) is 3.52. The first-order valence-corrected chi connectivity index (χ1v) is 9.64. The van der Waals surface area contributed by atoms with E-state index in [0.29, 0.717) is 23.5 Å². The molecule has 2 amide bonds. The minimum Gasteiger partial charge on any atom is -0.446 e. The number of nitrogens with zero attached hydrogens (tertiary/aromatic N) is 3. The van der Waals surface area contributed by atoms with Gasteiger partial charge in [-0.15, -0.1) is 0 Å². The Hall–Kier alpha value is -3.49. The zero-order valence-electron chi connectivity index (χ0n) is 16.5. The van der Waals surface area contributed by atoms with E-state index in [1.807, 2.05) is 13.8 Å². The summed E-state index contributed by atoms with van der Waals surface area (Å²) in [6.07, 6.45) is 3.29. The number of oxazole rings is 1. The first kappa shape index (κ1) is 19.8. The molecule has 0 radical (unpaired) electrons. The van der Waals surface area contributed by atoms with Crippen molar-refractivity contribution in [3.8, 4) is 11.3 Å². The van der Waals surface area contributed by atoms with Crippen LogP contribution in [0.2, 0.25) is 0 Å². The predicted octanol–water partition coefficient (Wildman–Crippen LogP) is 3.20. The van der Waals surface area contributed by atoms with E-state index in [2.05, 4.69) is 15.5 Å². The van der Waals surface area contributed by atoms with Crippen LogP contribution in [0.5, 0.6) is 0 Å². The Morgan fingerprint density at radius 2 is 2.10 bits per heavy atom. The fraction of sp³-hybridized carbons (Fsp3) is 0.333. The van der Waals surface area contributed by atoms with E-state index in [4.69, 9.17) is 8.94 Å². The molecule has 0 aliphatic carbocycles. The number of nitrogens with one attached hydrogen (secondary N) is 1. The number of benzene rings is 1. The lowest BCUT2D eigenvalue weighted by molar-refractivity contribution is -0.130. The summed E-state index contributed by atoms with van der Waals surface area (Å²) >= 11 is 0. The van der Waals surface area contributed by atoms with Crippen LogP contribution < -0.4 is 5.32 Å². The zero-order valence-corrected chi connectivity index (χ0v) is 16.5. The maximum Gasteiger partial charge on any atom is 0.276 e. The normalized spacial score (nSPS) is 19.2. The Bertz CT molecular complexity index is 1030. The summed E-state index contributed by atoms with van der Waals surface area (Å²) < 4.78 is 23.8. The molecular weight excluding hydrogens is 391 g/mol. The van der Waals surface area contributed by atoms with Crippen LogP contribution >= 0.6 is 0 Å². The Kier molecular flexibility index (Phi) is 5.35. The van der Waals surface area contributed by atoms with Crippen LogP contribution in [-0.4, -0.2) is 39.4 Å². The van der Waals surface area contributed by atoms with Crippen molar-refractivity contribution in [2.75, 3.05) is 6.54 Å². The number of hydrogen-bond donors (Lipinski definition) is 1. The maximum atomic E-state index is 13.3. The summed E-state index contributed by atoms with van der Waals surface area (Å²) in [6.45, 7) is 4.19. The van der Waals surface area contributed by atoms with E-state index in [-0.39, 0.29) is 29.9 Å². The van der Waals surface area contributed by atoms with Gasteiger partial charge in [0.15, 0.2) is 17.8 Å². The molecule has 3 aromatic rings. The molecule has 0 spiro atoms. The first-order valence-electron chi connectivity index (χ1n) is 9.64. The zero-order chi connectivity index (χ0) is 21.3. The SMILES string of the molecule is CC(C)CC1C(=O)NC(c2cnco2)CN1C(=O)c1cc(-c2ccc(F)cc2)on1. The van der Waals surface area contributed by atoms with Gasteiger partial charge in [0, 0.05) is 18.2 Å². The number of hydrogen-bond acceptors (Lipinski definition) is 6. The molecule has 2 unspecified atom stereocenters. The summed E-state index contributed by atoms with van der Waals surface area (Å²) in [6, 6.07) is 6.04. The lowest BCUT2D eigenvalue weighted by Gasteiger charge is -2.38. The van der Waals surface area contributed by atoms with Crippen molar-refractivity contribution >= 4 is 11.8 Å². The van der Waals surface area contributed by atoms with Crippen LogP contribution in [-0.2, 0) is 4.79 Å². The van der Waals surface area contributed by atoms with Gasteiger partial charge in [-0.3, -0.25) is 9.59 Å². The first-order chi connectivity index (χ1) is 14.4. The van der Waals surface area contributed by atoms with Gasteiger partial charge in [0.1, 0.15) is 23.7 Å². The molecule has 2 atom stereocenters. The van der Waals surface area contributed by atoms with Gasteiger partial charge in [-0.2, -0.15) is 0 Å². The molecule has 1 aliphatic rings. The predicted molar refractivity (Wildman–Crippen MR) is 104 cm³/mol. The van der Waals surface area contributed by atoms with E-state index in [9.17, 15) is 14.0 Å². The number of amides is 2. The largest absolute Gasteiger partial charge is 0.446 e. The van der Waals surface area contributed by atoms with Crippen molar-refractivity contribution in [1.29, 1.82) is 0 Å². The summed E-state index contributed by atoms with van der Waals surface area (Å²) in [7, 11) is 0. The fourth-order valence-corrected chi connectivity index (χ4v) is 3.52. The van der Waals surface area contributed by atoms with Crippen LogP contribution in [0.4, 0.5) is 4.39 Å².